The Labute approximate surface area is 126 Å². The van der Waals surface area contributed by atoms with Gasteiger partial charge in [0.25, 0.3) is 0 Å². The molecule has 0 aliphatic rings. The summed E-state index contributed by atoms with van der Waals surface area (Å²) in [5, 5.41) is 14.0. The molecule has 0 aliphatic carbocycles. The van der Waals surface area contributed by atoms with Gasteiger partial charge in [-0.25, -0.2) is 4.79 Å². The van der Waals surface area contributed by atoms with Crippen LogP contribution in [0.5, 0.6) is 0 Å². The van der Waals surface area contributed by atoms with E-state index in [2.05, 4.69) is 20.8 Å². The molecule has 3 aromatic rings. The van der Waals surface area contributed by atoms with E-state index < -0.39 is 0 Å². The van der Waals surface area contributed by atoms with Crippen LogP contribution in [0.15, 0.2) is 48.7 Å². The van der Waals surface area contributed by atoms with Gasteiger partial charge in [0.2, 0.25) is 0 Å². The van der Waals surface area contributed by atoms with Crippen molar-refractivity contribution in [3.05, 3.63) is 59.2 Å². The summed E-state index contributed by atoms with van der Waals surface area (Å²) < 4.78 is 0. The Kier molecular flexibility index (Phi) is 3.75. The van der Waals surface area contributed by atoms with Crippen molar-refractivity contribution >= 4 is 34.2 Å². The Morgan fingerprint density at radius 1 is 1.24 bits per heavy atom. The van der Waals surface area contributed by atoms with Crippen molar-refractivity contribution < 1.29 is 4.79 Å². The third kappa shape index (κ3) is 3.14. The minimum absolute atomic E-state index is 0.284. The van der Waals surface area contributed by atoms with Gasteiger partial charge in [-0.3, -0.25) is 5.10 Å². The summed E-state index contributed by atoms with van der Waals surface area (Å²) in [6.45, 7) is 0.373. The molecular weight excluding hydrogens is 288 g/mol. The molecule has 1 aromatic heterocycles. The van der Waals surface area contributed by atoms with Gasteiger partial charge in [0.1, 0.15) is 0 Å². The van der Waals surface area contributed by atoms with Crippen LogP contribution in [0.2, 0.25) is 5.02 Å². The number of carbonyl (C=O) groups excluding carboxylic acids is 1. The van der Waals surface area contributed by atoms with Crippen molar-refractivity contribution in [2.45, 2.75) is 6.54 Å². The summed E-state index contributed by atoms with van der Waals surface area (Å²) in [4.78, 5) is 11.9. The van der Waals surface area contributed by atoms with E-state index in [-0.39, 0.29) is 6.03 Å². The summed E-state index contributed by atoms with van der Waals surface area (Å²) in [7, 11) is 0. The lowest BCUT2D eigenvalue weighted by molar-refractivity contribution is 0.252. The number of aromatic nitrogens is 2. The number of benzene rings is 2. The van der Waals surface area contributed by atoms with Crippen LogP contribution in [-0.2, 0) is 6.54 Å². The molecule has 3 rings (SSSR count). The molecule has 6 heteroatoms. The lowest BCUT2D eigenvalue weighted by Crippen LogP contribution is -2.28. The molecule has 0 fully saturated rings. The van der Waals surface area contributed by atoms with Crippen LogP contribution in [0, 0.1) is 0 Å². The summed E-state index contributed by atoms with van der Waals surface area (Å²) in [5.74, 6) is 0. The number of amides is 2. The van der Waals surface area contributed by atoms with Crippen LogP contribution in [0.1, 0.15) is 5.56 Å². The highest BCUT2D eigenvalue weighted by atomic mass is 35.5. The van der Waals surface area contributed by atoms with Gasteiger partial charge in [-0.05, 0) is 29.8 Å². The molecule has 0 saturated carbocycles. The molecule has 21 heavy (non-hydrogen) atoms. The van der Waals surface area contributed by atoms with Gasteiger partial charge in [0.05, 0.1) is 11.7 Å². The molecule has 0 aliphatic heterocycles. The molecule has 5 nitrogen and oxygen atoms in total. The zero-order valence-corrected chi connectivity index (χ0v) is 11.8. The van der Waals surface area contributed by atoms with Gasteiger partial charge in [-0.2, -0.15) is 5.10 Å². The molecule has 1 heterocycles. The maximum atomic E-state index is 11.9. The quantitative estimate of drug-likeness (QED) is 0.692. The maximum absolute atomic E-state index is 11.9. The van der Waals surface area contributed by atoms with E-state index >= 15 is 0 Å². The summed E-state index contributed by atoms with van der Waals surface area (Å²) in [6, 6.07) is 12.7. The predicted octanol–water partition coefficient (Wildman–Crippen LogP) is 3.54. The first-order valence-electron chi connectivity index (χ1n) is 6.44. The number of halogens is 1. The van der Waals surface area contributed by atoms with E-state index in [9.17, 15) is 4.79 Å². The number of carbonyl (C=O) groups is 1. The highest BCUT2D eigenvalue weighted by Gasteiger charge is 2.05. The number of fused-ring (bicyclic) bond motifs is 1. The van der Waals surface area contributed by atoms with Crippen molar-refractivity contribution in [2.24, 2.45) is 0 Å². The fourth-order valence-corrected chi connectivity index (χ4v) is 2.21. The van der Waals surface area contributed by atoms with Crippen LogP contribution in [0.3, 0.4) is 0 Å². The Morgan fingerprint density at radius 3 is 2.95 bits per heavy atom. The second-order valence-corrected chi connectivity index (χ2v) is 4.98. The molecule has 3 N–H and O–H groups in total. The largest absolute Gasteiger partial charge is 0.334 e. The monoisotopic (exact) mass is 300 g/mol. The number of hydrogen-bond donors (Lipinski definition) is 3. The molecule has 2 aromatic carbocycles. The maximum Gasteiger partial charge on any atom is 0.319 e. The summed E-state index contributed by atoms with van der Waals surface area (Å²) >= 11 is 6.04. The zero-order valence-electron chi connectivity index (χ0n) is 11.1. The Bertz CT molecular complexity index is 784. The standard InChI is InChI=1S/C15H13ClN4O/c16-13-4-2-1-3-10(13)8-17-15(21)19-12-6-5-11-9-18-20-14(11)7-12/h1-7,9H,8H2,(H,18,20)(H2,17,19,21). The van der Waals surface area contributed by atoms with Gasteiger partial charge in [-0.1, -0.05) is 29.8 Å². The molecule has 0 spiro atoms. The van der Waals surface area contributed by atoms with Crippen LogP contribution >= 0.6 is 11.6 Å². The molecule has 106 valence electrons. The van der Waals surface area contributed by atoms with Crippen LogP contribution in [0.4, 0.5) is 10.5 Å². The van der Waals surface area contributed by atoms with Crippen molar-refractivity contribution in [3.63, 3.8) is 0 Å². The van der Waals surface area contributed by atoms with Crippen molar-refractivity contribution in [1.29, 1.82) is 0 Å². The molecule has 2 amide bonds. The number of nitrogens with one attached hydrogen (secondary N) is 3. The first-order chi connectivity index (χ1) is 10.2. The first-order valence-corrected chi connectivity index (χ1v) is 6.81. The highest BCUT2D eigenvalue weighted by molar-refractivity contribution is 6.31. The fourth-order valence-electron chi connectivity index (χ4n) is 2.01. The number of H-pyrrole nitrogens is 1. The first kappa shape index (κ1) is 13.5. The van der Waals surface area contributed by atoms with Gasteiger partial charge in [-0.15, -0.1) is 0 Å². The third-order valence-electron chi connectivity index (χ3n) is 3.10. The van der Waals surface area contributed by atoms with E-state index in [1.54, 1.807) is 12.3 Å². The van der Waals surface area contributed by atoms with E-state index in [1.807, 2.05) is 36.4 Å². The number of hydrogen-bond acceptors (Lipinski definition) is 2. The molecule has 0 radical (unpaired) electrons. The molecule has 0 atom stereocenters. The number of nitrogens with zero attached hydrogens (tertiary/aromatic N) is 1. The predicted molar refractivity (Wildman–Crippen MR) is 83.4 cm³/mol. The Hall–Kier alpha value is -2.53. The molecule has 0 bridgehead atoms. The fraction of sp³-hybridized carbons (Fsp3) is 0.0667. The Balaban J connectivity index is 1.62. The van der Waals surface area contributed by atoms with Gasteiger partial charge in [0, 0.05) is 22.6 Å². The number of aromatic amines is 1. The average Bonchev–Trinajstić information content (AvgIpc) is 2.94. The molecular formula is C15H13ClN4O. The zero-order chi connectivity index (χ0) is 14.7. The van der Waals surface area contributed by atoms with Gasteiger partial charge >= 0.3 is 6.03 Å². The normalized spacial score (nSPS) is 10.5. The van der Waals surface area contributed by atoms with E-state index in [1.165, 1.54) is 0 Å². The van der Waals surface area contributed by atoms with E-state index in [4.69, 9.17) is 11.6 Å². The minimum Gasteiger partial charge on any atom is -0.334 e. The van der Waals surface area contributed by atoms with E-state index in [0.717, 1.165) is 16.5 Å². The summed E-state index contributed by atoms with van der Waals surface area (Å²) in [5.41, 5.74) is 2.45. The lowest BCUT2D eigenvalue weighted by atomic mass is 10.2. The topological polar surface area (TPSA) is 69.8 Å². The van der Waals surface area contributed by atoms with Crippen LogP contribution in [0.25, 0.3) is 10.9 Å². The second-order valence-electron chi connectivity index (χ2n) is 4.57. The highest BCUT2D eigenvalue weighted by Crippen LogP contribution is 2.17. The van der Waals surface area contributed by atoms with E-state index in [0.29, 0.717) is 17.3 Å². The van der Waals surface area contributed by atoms with Gasteiger partial charge < -0.3 is 10.6 Å². The number of anilines is 1. The van der Waals surface area contributed by atoms with Crippen molar-refractivity contribution in [3.8, 4) is 0 Å². The Morgan fingerprint density at radius 2 is 2.10 bits per heavy atom. The van der Waals surface area contributed by atoms with Crippen molar-refractivity contribution in [2.75, 3.05) is 5.32 Å². The summed E-state index contributed by atoms with van der Waals surface area (Å²) in [6.07, 6.45) is 1.73. The minimum atomic E-state index is -0.284. The van der Waals surface area contributed by atoms with Crippen LogP contribution < -0.4 is 10.6 Å². The number of urea groups is 1. The lowest BCUT2D eigenvalue weighted by Gasteiger charge is -2.08. The average molecular weight is 301 g/mol. The smallest absolute Gasteiger partial charge is 0.319 e. The third-order valence-corrected chi connectivity index (χ3v) is 3.47. The number of rotatable bonds is 3. The molecule has 0 saturated heterocycles. The van der Waals surface area contributed by atoms with Crippen LogP contribution in [-0.4, -0.2) is 16.2 Å². The SMILES string of the molecule is O=C(NCc1ccccc1Cl)Nc1ccc2cn[nH]c2c1. The molecule has 0 unspecified atom stereocenters. The van der Waals surface area contributed by atoms with Gasteiger partial charge in [0.15, 0.2) is 0 Å². The van der Waals surface area contributed by atoms with Crippen molar-refractivity contribution in [1.82, 2.24) is 15.5 Å². The second kappa shape index (κ2) is 5.85.